The van der Waals surface area contributed by atoms with Gasteiger partial charge in [0, 0.05) is 11.6 Å². The lowest BCUT2D eigenvalue weighted by Crippen LogP contribution is -2.16. The lowest BCUT2D eigenvalue weighted by atomic mass is 10.2. The second-order valence-corrected chi connectivity index (χ2v) is 6.46. The van der Waals surface area contributed by atoms with Gasteiger partial charge in [-0.05, 0) is 37.6 Å². The van der Waals surface area contributed by atoms with Crippen LogP contribution >= 0.6 is 22.9 Å². The number of carbonyl (C=O) groups excluding carboxylic acids is 1. The van der Waals surface area contributed by atoms with Crippen LogP contribution in [-0.4, -0.2) is 15.4 Å². The SMILES string of the molecule is CCn1c(=NC(=O)c2ccc([N+](=O)[O-])o2)sc2cc(Cl)cc(C)c21. The molecule has 9 heteroatoms. The van der Waals surface area contributed by atoms with Crippen molar-refractivity contribution in [2.24, 2.45) is 4.99 Å². The van der Waals surface area contributed by atoms with E-state index in [0.29, 0.717) is 16.4 Å². The summed E-state index contributed by atoms with van der Waals surface area (Å²) in [6.45, 7) is 4.50. The first-order valence-corrected chi connectivity index (χ1v) is 8.23. The highest BCUT2D eigenvalue weighted by molar-refractivity contribution is 7.16. The molecule has 0 bridgehead atoms. The highest BCUT2D eigenvalue weighted by Crippen LogP contribution is 2.26. The lowest BCUT2D eigenvalue weighted by Gasteiger charge is -2.03. The van der Waals surface area contributed by atoms with Gasteiger partial charge in [0.15, 0.2) is 4.80 Å². The second-order valence-electron chi connectivity index (χ2n) is 5.01. The molecule has 0 atom stereocenters. The number of nitro groups is 1. The van der Waals surface area contributed by atoms with Crippen LogP contribution in [0.2, 0.25) is 5.02 Å². The van der Waals surface area contributed by atoms with E-state index in [1.807, 2.05) is 30.5 Å². The number of nitrogens with zero attached hydrogens (tertiary/aromatic N) is 3. The van der Waals surface area contributed by atoms with Gasteiger partial charge in [-0.15, -0.1) is 0 Å². The van der Waals surface area contributed by atoms with Crippen LogP contribution in [0.4, 0.5) is 5.88 Å². The third kappa shape index (κ3) is 2.85. The summed E-state index contributed by atoms with van der Waals surface area (Å²) in [6.07, 6.45) is 0. The molecule has 0 aliphatic carbocycles. The largest absolute Gasteiger partial charge is 0.433 e. The molecule has 24 heavy (non-hydrogen) atoms. The number of hydrogen-bond donors (Lipinski definition) is 0. The maximum Gasteiger partial charge on any atom is 0.433 e. The van der Waals surface area contributed by atoms with E-state index in [1.165, 1.54) is 17.4 Å². The number of furan rings is 1. The number of amides is 1. The van der Waals surface area contributed by atoms with Crippen LogP contribution in [0.25, 0.3) is 10.2 Å². The molecule has 0 saturated heterocycles. The number of thiazole rings is 1. The fourth-order valence-corrected chi connectivity index (χ4v) is 3.98. The molecule has 0 spiro atoms. The minimum absolute atomic E-state index is 0.170. The van der Waals surface area contributed by atoms with Gasteiger partial charge in [-0.25, -0.2) is 0 Å². The van der Waals surface area contributed by atoms with E-state index in [0.717, 1.165) is 21.8 Å². The first-order chi connectivity index (χ1) is 11.4. The summed E-state index contributed by atoms with van der Waals surface area (Å²) < 4.78 is 7.72. The Hall–Kier alpha value is -2.45. The fraction of sp³-hybridized carbons (Fsp3) is 0.200. The summed E-state index contributed by atoms with van der Waals surface area (Å²) in [4.78, 5) is 26.7. The highest BCUT2D eigenvalue weighted by Gasteiger charge is 2.17. The van der Waals surface area contributed by atoms with Gasteiger partial charge in [-0.2, -0.15) is 4.99 Å². The number of benzene rings is 1. The maximum atomic E-state index is 12.2. The molecule has 0 fully saturated rings. The molecule has 0 radical (unpaired) electrons. The minimum Gasteiger partial charge on any atom is -0.395 e. The Bertz CT molecular complexity index is 1030. The predicted octanol–water partition coefficient (Wildman–Crippen LogP) is 3.93. The molecule has 2 heterocycles. The molecule has 0 unspecified atom stereocenters. The van der Waals surface area contributed by atoms with Crippen molar-refractivity contribution in [3.8, 4) is 0 Å². The first kappa shape index (κ1) is 16.4. The van der Waals surface area contributed by atoms with Crippen LogP contribution in [0.15, 0.2) is 33.7 Å². The topological polar surface area (TPSA) is 90.6 Å². The van der Waals surface area contributed by atoms with E-state index in [4.69, 9.17) is 16.0 Å². The van der Waals surface area contributed by atoms with Crippen molar-refractivity contribution in [2.75, 3.05) is 0 Å². The van der Waals surface area contributed by atoms with Crippen molar-refractivity contribution in [2.45, 2.75) is 20.4 Å². The molecule has 0 aliphatic rings. The summed E-state index contributed by atoms with van der Waals surface area (Å²) in [7, 11) is 0. The molecule has 124 valence electrons. The lowest BCUT2D eigenvalue weighted by molar-refractivity contribution is -0.402. The Kier molecular flexibility index (Phi) is 4.25. The molecule has 2 aromatic heterocycles. The number of halogens is 1. The smallest absolute Gasteiger partial charge is 0.395 e. The van der Waals surface area contributed by atoms with Crippen molar-refractivity contribution < 1.29 is 14.1 Å². The van der Waals surface area contributed by atoms with E-state index >= 15 is 0 Å². The van der Waals surface area contributed by atoms with Crippen LogP contribution in [0.1, 0.15) is 23.0 Å². The van der Waals surface area contributed by atoms with E-state index in [-0.39, 0.29) is 5.76 Å². The van der Waals surface area contributed by atoms with Gasteiger partial charge in [-0.3, -0.25) is 14.9 Å². The molecule has 0 saturated carbocycles. The summed E-state index contributed by atoms with van der Waals surface area (Å²) in [5.41, 5.74) is 1.95. The average molecular weight is 366 g/mol. The van der Waals surface area contributed by atoms with Gasteiger partial charge >= 0.3 is 11.8 Å². The molecular weight excluding hydrogens is 354 g/mol. The molecule has 7 nitrogen and oxygen atoms in total. The number of fused-ring (bicyclic) bond motifs is 1. The molecule has 3 rings (SSSR count). The number of rotatable bonds is 3. The molecule has 3 aromatic rings. The summed E-state index contributed by atoms with van der Waals surface area (Å²) in [5, 5.41) is 11.3. The Morgan fingerprint density at radius 1 is 1.46 bits per heavy atom. The Labute approximate surface area is 145 Å². The van der Waals surface area contributed by atoms with Crippen molar-refractivity contribution >= 4 is 44.9 Å². The number of aryl methyl sites for hydroxylation is 2. The van der Waals surface area contributed by atoms with Crippen LogP contribution in [0.3, 0.4) is 0 Å². The first-order valence-electron chi connectivity index (χ1n) is 7.03. The Morgan fingerprint density at radius 2 is 2.21 bits per heavy atom. The fourth-order valence-electron chi connectivity index (χ4n) is 2.44. The van der Waals surface area contributed by atoms with Gasteiger partial charge in [-0.1, -0.05) is 22.9 Å². The van der Waals surface area contributed by atoms with Crippen molar-refractivity contribution in [3.05, 3.63) is 55.5 Å². The summed E-state index contributed by atoms with van der Waals surface area (Å²) in [5.74, 6) is -1.33. The number of hydrogen-bond acceptors (Lipinski definition) is 5. The van der Waals surface area contributed by atoms with Crippen molar-refractivity contribution in [1.29, 1.82) is 0 Å². The molecule has 1 amide bonds. The maximum absolute atomic E-state index is 12.2. The zero-order valence-corrected chi connectivity index (χ0v) is 14.3. The number of carbonyl (C=O) groups is 1. The molecule has 0 aliphatic heterocycles. The van der Waals surface area contributed by atoms with E-state index < -0.39 is 16.7 Å². The van der Waals surface area contributed by atoms with Crippen LogP contribution in [-0.2, 0) is 6.54 Å². The van der Waals surface area contributed by atoms with E-state index in [9.17, 15) is 14.9 Å². The Morgan fingerprint density at radius 3 is 2.83 bits per heavy atom. The molecule has 0 N–H and O–H groups in total. The average Bonchev–Trinajstić information content (AvgIpc) is 3.11. The minimum atomic E-state index is -0.701. The zero-order valence-electron chi connectivity index (χ0n) is 12.8. The third-order valence-corrected chi connectivity index (χ3v) is 4.67. The van der Waals surface area contributed by atoms with E-state index in [2.05, 4.69) is 4.99 Å². The standard InChI is InChI=1S/C15H12ClN3O4S/c1-3-18-13-8(2)6-9(16)7-11(13)24-15(18)17-14(20)10-4-5-12(23-10)19(21)22/h4-7H,3H2,1-2H3. The van der Waals surface area contributed by atoms with Crippen LogP contribution < -0.4 is 4.80 Å². The van der Waals surface area contributed by atoms with Gasteiger partial charge in [0.2, 0.25) is 5.76 Å². The second kappa shape index (κ2) is 6.21. The number of aromatic nitrogens is 1. The summed E-state index contributed by atoms with van der Waals surface area (Å²) in [6, 6.07) is 6.05. The molecule has 1 aromatic carbocycles. The summed E-state index contributed by atoms with van der Waals surface area (Å²) >= 11 is 7.41. The van der Waals surface area contributed by atoms with E-state index in [1.54, 1.807) is 0 Å². The van der Waals surface area contributed by atoms with Gasteiger partial charge in [0.25, 0.3) is 0 Å². The van der Waals surface area contributed by atoms with Gasteiger partial charge in [0.05, 0.1) is 16.3 Å². The van der Waals surface area contributed by atoms with Gasteiger partial charge in [0.1, 0.15) is 4.92 Å². The van der Waals surface area contributed by atoms with Crippen LogP contribution in [0.5, 0.6) is 0 Å². The monoisotopic (exact) mass is 365 g/mol. The molecular formula is C15H12ClN3O4S. The Balaban J connectivity index is 2.13. The van der Waals surface area contributed by atoms with Gasteiger partial charge < -0.3 is 8.98 Å². The highest BCUT2D eigenvalue weighted by atomic mass is 35.5. The van der Waals surface area contributed by atoms with Crippen molar-refractivity contribution in [3.63, 3.8) is 0 Å². The van der Waals surface area contributed by atoms with Crippen LogP contribution in [0, 0.1) is 17.0 Å². The zero-order chi connectivity index (χ0) is 17.4. The van der Waals surface area contributed by atoms with Crippen molar-refractivity contribution in [1.82, 2.24) is 4.57 Å². The third-order valence-electron chi connectivity index (χ3n) is 3.43. The predicted molar refractivity (Wildman–Crippen MR) is 90.5 cm³/mol. The normalized spacial score (nSPS) is 12.0. The quantitative estimate of drug-likeness (QED) is 0.519.